The van der Waals surface area contributed by atoms with E-state index in [1.165, 1.54) is 21.3 Å². The minimum atomic E-state index is -4.37. The third-order valence-corrected chi connectivity index (χ3v) is 18.4. The van der Waals surface area contributed by atoms with Crippen LogP contribution in [0.3, 0.4) is 0 Å². The SMILES string of the molecule is CCOC(=O)CC[C@H](NP1(OCCOCCOC)=NP(N[C@@H](CCC(=O)OCC)C(=O)OCC)(OCCOCCOC)=NP(N[C@@H](CCC(=O)OCC)C(=O)OCC)(OCCOCCOC)=N1)C(=O)OCC. The van der Waals surface area contributed by atoms with Gasteiger partial charge in [0.2, 0.25) is 0 Å². The summed E-state index contributed by atoms with van der Waals surface area (Å²) < 4.78 is 100. The van der Waals surface area contributed by atoms with Gasteiger partial charge in [0.25, 0.3) is 22.7 Å². The van der Waals surface area contributed by atoms with E-state index in [4.69, 9.17) is 84.0 Å². The molecule has 0 spiro atoms. The largest absolute Gasteiger partial charge is 0.466 e. The molecule has 0 radical (unpaired) electrons. The molecule has 0 amide bonds. The molecule has 72 heavy (non-hydrogen) atoms. The molecule has 0 fully saturated rings. The van der Waals surface area contributed by atoms with Gasteiger partial charge in [-0.05, 0) is 60.8 Å². The van der Waals surface area contributed by atoms with Gasteiger partial charge in [-0.15, -0.1) is 0 Å². The van der Waals surface area contributed by atoms with Gasteiger partial charge in [0.1, 0.15) is 18.1 Å². The first-order chi connectivity index (χ1) is 34.7. The maximum absolute atomic E-state index is 14.0. The average molecular weight is 1100 g/mol. The first-order valence-electron chi connectivity index (χ1n) is 24.0. The first-order valence-corrected chi connectivity index (χ1v) is 28.9. The summed E-state index contributed by atoms with van der Waals surface area (Å²) in [5, 5.41) is 9.48. The molecule has 3 N–H and O–H groups in total. The van der Waals surface area contributed by atoms with Crippen molar-refractivity contribution in [2.24, 2.45) is 13.5 Å². The molecular weight excluding hydrogens is 1020 g/mol. The Hall–Kier alpha value is -2.97. The fourth-order valence-electron chi connectivity index (χ4n) is 5.90. The van der Waals surface area contributed by atoms with Gasteiger partial charge in [0.05, 0.1) is 119 Å². The number of ether oxygens (including phenoxy) is 12. The molecule has 27 nitrogen and oxygen atoms in total. The van der Waals surface area contributed by atoms with E-state index in [9.17, 15) is 28.8 Å². The van der Waals surface area contributed by atoms with Crippen LogP contribution in [0, 0.1) is 0 Å². The Kier molecular flexibility index (Phi) is 37.6. The third kappa shape index (κ3) is 28.1. The predicted molar refractivity (Wildman–Crippen MR) is 262 cm³/mol. The van der Waals surface area contributed by atoms with Gasteiger partial charge in [-0.1, -0.05) is 0 Å². The molecule has 0 aromatic carbocycles. The summed E-state index contributed by atoms with van der Waals surface area (Å²) in [6, 6.07) is -4.22. The summed E-state index contributed by atoms with van der Waals surface area (Å²) in [5.41, 5.74) is 0. The number of carbonyl (C=O) groups excluding carboxylic acids is 6. The Morgan fingerprint density at radius 1 is 0.361 bits per heavy atom. The molecule has 1 heterocycles. The Balaban J connectivity index is 4.75. The standard InChI is InChI=1S/C42H81N6O21P3/c1-10-61-37(49)19-16-34(40(52)64-13-4)43-70(67-31-28-58-25-22-55-7)46-71(68-32-29-59-26-23-56-8,44-35(41(53)65-14-5)17-20-38(50)62-11-2)48-72(47-70,69-33-30-60-27-24-57-9)45-36(42(54)66-15-6)18-21-39(51)63-12-3/h34-36,43-45H,10-33H2,1-9H3/t34-,35-,36-,70?,71?,72?/m0/s1. The topological polar surface area (TPSA) is 314 Å². The van der Waals surface area contributed by atoms with Gasteiger partial charge in [-0.25, -0.2) is 15.3 Å². The van der Waals surface area contributed by atoms with E-state index in [1.807, 2.05) is 0 Å². The van der Waals surface area contributed by atoms with Crippen molar-refractivity contribution in [1.82, 2.24) is 15.3 Å². The zero-order valence-electron chi connectivity index (χ0n) is 43.5. The molecule has 0 saturated heterocycles. The summed E-state index contributed by atoms with van der Waals surface area (Å²) in [7, 11) is -8.61. The van der Waals surface area contributed by atoms with E-state index in [0.29, 0.717) is 0 Å². The Labute approximate surface area is 424 Å². The molecule has 0 bridgehead atoms. The lowest BCUT2D eigenvalue weighted by molar-refractivity contribution is -0.148. The van der Waals surface area contributed by atoms with Crippen molar-refractivity contribution in [1.29, 1.82) is 0 Å². The molecule has 0 saturated carbocycles. The van der Waals surface area contributed by atoms with Crippen LogP contribution in [0.15, 0.2) is 13.5 Å². The molecule has 0 unspecified atom stereocenters. The van der Waals surface area contributed by atoms with E-state index in [0.717, 1.165) is 0 Å². The minimum absolute atomic E-state index is 0.0671. The zero-order chi connectivity index (χ0) is 53.5. The highest BCUT2D eigenvalue weighted by molar-refractivity contribution is 7.81. The number of nitrogens with zero attached hydrogens (tertiary/aromatic N) is 3. The Bertz CT molecular complexity index is 1550. The molecule has 0 aromatic rings. The molecule has 30 heteroatoms. The lowest BCUT2D eigenvalue weighted by Crippen LogP contribution is -2.40. The normalized spacial score (nSPS) is 19.6. The van der Waals surface area contributed by atoms with Crippen molar-refractivity contribution in [3.05, 3.63) is 0 Å². The van der Waals surface area contributed by atoms with Crippen molar-refractivity contribution in [2.75, 3.05) is 140 Å². The molecule has 1 aliphatic rings. The summed E-state index contributed by atoms with van der Waals surface area (Å²) >= 11 is 0. The van der Waals surface area contributed by atoms with Crippen LogP contribution < -0.4 is 15.3 Å². The molecular formula is C42H81N6O21P3. The van der Waals surface area contributed by atoms with Crippen LogP contribution in [0.25, 0.3) is 0 Å². The number of nitrogens with one attached hydrogen (secondary N) is 3. The van der Waals surface area contributed by atoms with Gasteiger partial charge >= 0.3 is 35.8 Å². The second-order valence-electron chi connectivity index (χ2n) is 14.5. The number of esters is 6. The predicted octanol–water partition coefficient (Wildman–Crippen LogP) is 4.47. The highest BCUT2D eigenvalue weighted by Gasteiger charge is 2.46. The summed E-state index contributed by atoms with van der Waals surface area (Å²) in [6.45, 7) is 9.78. The molecule has 3 atom stereocenters. The van der Waals surface area contributed by atoms with Gasteiger partial charge in [-0.2, -0.15) is 13.5 Å². The van der Waals surface area contributed by atoms with Gasteiger partial charge in [-0.3, -0.25) is 28.8 Å². The van der Waals surface area contributed by atoms with Crippen LogP contribution in [0.1, 0.15) is 80.1 Å². The monoisotopic (exact) mass is 1100 g/mol. The number of rotatable bonds is 45. The minimum Gasteiger partial charge on any atom is -0.466 e. The van der Waals surface area contributed by atoms with E-state index in [-0.39, 0.29) is 157 Å². The van der Waals surface area contributed by atoms with Crippen LogP contribution in [-0.2, 0) is 99.2 Å². The lowest BCUT2D eigenvalue weighted by Gasteiger charge is -2.38. The summed E-state index contributed by atoms with van der Waals surface area (Å²) in [5.74, 6) is -4.38. The molecule has 0 aliphatic carbocycles. The molecule has 0 aromatic heterocycles. The Morgan fingerprint density at radius 3 is 0.819 bits per heavy atom. The van der Waals surface area contributed by atoms with Gasteiger partial charge in [0, 0.05) is 40.6 Å². The second-order valence-corrected chi connectivity index (χ2v) is 21.5. The summed E-state index contributed by atoms with van der Waals surface area (Å²) in [6.07, 6.45) is -1.54. The van der Waals surface area contributed by atoms with Crippen molar-refractivity contribution in [3.63, 3.8) is 0 Å². The van der Waals surface area contributed by atoms with Crippen LogP contribution in [0.2, 0.25) is 0 Å². The highest BCUT2D eigenvalue weighted by atomic mass is 31.3. The fourth-order valence-corrected chi connectivity index (χ4v) is 16.9. The molecule has 420 valence electrons. The fraction of sp³-hybridized carbons (Fsp3) is 0.857. The molecule has 1 rings (SSSR count). The van der Waals surface area contributed by atoms with E-state index in [1.54, 1.807) is 41.5 Å². The number of hydrogen-bond donors (Lipinski definition) is 3. The Morgan fingerprint density at radius 2 is 0.597 bits per heavy atom. The van der Waals surface area contributed by atoms with Crippen LogP contribution in [0.4, 0.5) is 0 Å². The first kappa shape index (κ1) is 67.0. The van der Waals surface area contributed by atoms with Crippen molar-refractivity contribution in [2.45, 2.75) is 98.2 Å². The highest BCUT2D eigenvalue weighted by Crippen LogP contribution is 2.76. The zero-order valence-corrected chi connectivity index (χ0v) is 46.1. The quantitative estimate of drug-likeness (QED) is 0.0328. The number of hydrogen-bond acceptors (Lipinski definition) is 27. The number of carbonyl (C=O) groups is 6. The smallest absolute Gasteiger partial charge is 0.323 e. The van der Waals surface area contributed by atoms with Crippen molar-refractivity contribution >= 4 is 58.6 Å². The van der Waals surface area contributed by atoms with Crippen LogP contribution in [-0.4, -0.2) is 194 Å². The summed E-state index contributed by atoms with van der Waals surface area (Å²) in [4.78, 5) is 80.6. The van der Waals surface area contributed by atoms with Gasteiger partial charge < -0.3 is 70.4 Å². The third-order valence-electron chi connectivity index (χ3n) is 9.03. The van der Waals surface area contributed by atoms with Gasteiger partial charge in [0.15, 0.2) is 0 Å². The maximum atomic E-state index is 14.0. The second kappa shape index (κ2) is 40.4. The van der Waals surface area contributed by atoms with E-state index < -0.39 is 76.7 Å². The van der Waals surface area contributed by atoms with E-state index in [2.05, 4.69) is 15.3 Å². The van der Waals surface area contributed by atoms with E-state index >= 15 is 0 Å². The number of methoxy groups -OCH3 is 3. The maximum Gasteiger partial charge on any atom is 0.323 e. The molecule has 1 aliphatic heterocycles. The van der Waals surface area contributed by atoms with Crippen LogP contribution in [0.5, 0.6) is 0 Å². The van der Waals surface area contributed by atoms with Crippen molar-refractivity contribution in [3.8, 4) is 0 Å². The van der Waals surface area contributed by atoms with Crippen LogP contribution >= 0.6 is 22.7 Å². The lowest BCUT2D eigenvalue weighted by atomic mass is 10.2. The average Bonchev–Trinajstić information content (AvgIpc) is 3.34. The van der Waals surface area contributed by atoms with Crippen molar-refractivity contribution < 1.29 is 99.2 Å².